The fourth-order valence-corrected chi connectivity index (χ4v) is 2.42. The van der Waals surface area contributed by atoms with Gasteiger partial charge in [0, 0.05) is 13.2 Å². The second-order valence-electron chi connectivity index (χ2n) is 4.92. The highest BCUT2D eigenvalue weighted by Crippen LogP contribution is 2.31. The molecule has 1 aromatic carbocycles. The molecule has 0 unspecified atom stereocenters. The van der Waals surface area contributed by atoms with Gasteiger partial charge in [-0.2, -0.15) is 0 Å². The lowest BCUT2D eigenvalue weighted by Crippen LogP contribution is -2.29. The number of imidazole rings is 1. The van der Waals surface area contributed by atoms with Crippen LogP contribution in [0.5, 0.6) is 0 Å². The highest BCUT2D eigenvalue weighted by atomic mass is 16.2. The van der Waals surface area contributed by atoms with Gasteiger partial charge >= 0.3 is 0 Å². The van der Waals surface area contributed by atoms with E-state index >= 15 is 0 Å². The van der Waals surface area contributed by atoms with E-state index < -0.39 is 11.7 Å². The monoisotopic (exact) mass is 269 g/mol. The zero-order valence-electron chi connectivity index (χ0n) is 11.5. The first-order valence-corrected chi connectivity index (χ1v) is 6.56. The molecular weight excluding hydrogens is 254 g/mol. The lowest BCUT2D eigenvalue weighted by atomic mass is 10.1. The number of amides is 1. The van der Waals surface area contributed by atoms with Crippen LogP contribution < -0.4 is 4.90 Å². The maximum absolute atomic E-state index is 12.1. The Morgan fingerprint density at radius 2 is 2.05 bits per heavy atom. The number of benzene rings is 1. The minimum atomic E-state index is -0.463. The molecule has 0 bridgehead atoms. The first kappa shape index (κ1) is 12.6. The highest BCUT2D eigenvalue weighted by molar-refractivity contribution is 6.52. The summed E-state index contributed by atoms with van der Waals surface area (Å²) < 4.78 is 1.84. The molecule has 0 aliphatic carbocycles. The zero-order chi connectivity index (χ0) is 14.3. The number of rotatable bonds is 3. The summed E-state index contributed by atoms with van der Waals surface area (Å²) in [6, 6.07) is 5.63. The molecule has 0 N–H and O–H groups in total. The van der Waals surface area contributed by atoms with Crippen LogP contribution in [0.3, 0.4) is 0 Å². The Kier molecular flexibility index (Phi) is 2.89. The number of fused-ring (bicyclic) bond motifs is 1. The molecule has 0 saturated heterocycles. The van der Waals surface area contributed by atoms with E-state index in [-0.39, 0.29) is 0 Å². The van der Waals surface area contributed by atoms with Crippen molar-refractivity contribution < 1.29 is 9.59 Å². The number of aryl methyl sites for hydroxylation is 2. The second-order valence-corrected chi connectivity index (χ2v) is 4.92. The molecule has 2 aromatic rings. The number of carbonyl (C=O) groups is 2. The van der Waals surface area contributed by atoms with E-state index in [0.717, 1.165) is 17.7 Å². The van der Waals surface area contributed by atoms with Gasteiger partial charge in [0.2, 0.25) is 0 Å². The van der Waals surface area contributed by atoms with Gasteiger partial charge in [-0.15, -0.1) is 0 Å². The number of Topliss-reactive ketones (excluding diaryl/α,β-unsaturated/α-hetero) is 1. The molecule has 1 aliphatic heterocycles. The van der Waals surface area contributed by atoms with Gasteiger partial charge in [-0.1, -0.05) is 13.0 Å². The molecule has 1 amide bonds. The van der Waals surface area contributed by atoms with Gasteiger partial charge in [-0.05, 0) is 24.1 Å². The molecule has 5 heteroatoms. The average Bonchev–Trinajstić information content (AvgIpc) is 2.96. The fraction of sp³-hybridized carbons (Fsp3) is 0.267. The van der Waals surface area contributed by atoms with Crippen LogP contribution in [0, 0.1) is 0 Å². The minimum Gasteiger partial charge on any atom is -0.336 e. The number of anilines is 1. The molecule has 0 saturated carbocycles. The van der Waals surface area contributed by atoms with Crippen LogP contribution in [0.2, 0.25) is 0 Å². The molecule has 20 heavy (non-hydrogen) atoms. The Balaban J connectivity index is 2.00. The van der Waals surface area contributed by atoms with Crippen molar-refractivity contribution in [3.8, 4) is 0 Å². The topological polar surface area (TPSA) is 55.2 Å². The Morgan fingerprint density at radius 1 is 1.25 bits per heavy atom. The van der Waals surface area contributed by atoms with E-state index in [4.69, 9.17) is 0 Å². The van der Waals surface area contributed by atoms with Crippen molar-refractivity contribution in [1.82, 2.24) is 9.55 Å². The molecule has 0 radical (unpaired) electrons. The standard InChI is InChI=1S/C15H15N3O2/c1-3-10-4-5-13-12(6-10)14(19)15(20)18(13)8-11-7-16-9-17(11)2/h4-7,9H,3,8H2,1-2H3. The number of nitrogens with zero attached hydrogens (tertiary/aromatic N) is 3. The van der Waals surface area contributed by atoms with Gasteiger partial charge in [-0.3, -0.25) is 14.5 Å². The largest absolute Gasteiger partial charge is 0.336 e. The maximum Gasteiger partial charge on any atom is 0.299 e. The predicted octanol–water partition coefficient (Wildman–Crippen LogP) is 1.71. The Bertz CT molecular complexity index is 703. The molecule has 2 heterocycles. The van der Waals surface area contributed by atoms with E-state index in [1.54, 1.807) is 12.5 Å². The first-order valence-electron chi connectivity index (χ1n) is 6.56. The third-order valence-corrected chi connectivity index (χ3v) is 3.68. The van der Waals surface area contributed by atoms with E-state index in [2.05, 4.69) is 4.98 Å². The van der Waals surface area contributed by atoms with Crippen molar-refractivity contribution in [3.05, 3.63) is 47.5 Å². The van der Waals surface area contributed by atoms with Crippen molar-refractivity contribution >= 4 is 17.4 Å². The molecular formula is C15H15N3O2. The minimum absolute atomic E-state index is 0.361. The summed E-state index contributed by atoms with van der Waals surface area (Å²) in [7, 11) is 1.87. The van der Waals surface area contributed by atoms with E-state index in [1.165, 1.54) is 4.90 Å². The van der Waals surface area contributed by atoms with Gasteiger partial charge < -0.3 is 4.57 Å². The molecule has 0 atom stereocenters. The highest BCUT2D eigenvalue weighted by Gasteiger charge is 2.36. The summed E-state index contributed by atoms with van der Waals surface area (Å²) in [4.78, 5) is 29.8. The van der Waals surface area contributed by atoms with Gasteiger partial charge in [0.05, 0.1) is 29.8 Å². The molecule has 0 fully saturated rings. The third kappa shape index (κ3) is 1.82. The van der Waals surface area contributed by atoms with Crippen LogP contribution in [-0.2, 0) is 24.8 Å². The number of hydrogen-bond donors (Lipinski definition) is 0. The van der Waals surface area contributed by atoms with Crippen LogP contribution in [0.4, 0.5) is 5.69 Å². The van der Waals surface area contributed by atoms with Crippen molar-refractivity contribution in [2.24, 2.45) is 7.05 Å². The smallest absolute Gasteiger partial charge is 0.299 e. The van der Waals surface area contributed by atoms with Crippen molar-refractivity contribution in [3.63, 3.8) is 0 Å². The summed E-state index contributed by atoms with van der Waals surface area (Å²) in [5, 5.41) is 0. The van der Waals surface area contributed by atoms with Crippen LogP contribution in [0.25, 0.3) is 0 Å². The summed E-state index contributed by atoms with van der Waals surface area (Å²) in [6.45, 7) is 2.38. The average molecular weight is 269 g/mol. The molecule has 102 valence electrons. The molecule has 1 aliphatic rings. The van der Waals surface area contributed by atoms with Crippen LogP contribution in [-0.4, -0.2) is 21.2 Å². The molecule has 1 aromatic heterocycles. The number of hydrogen-bond acceptors (Lipinski definition) is 3. The Labute approximate surface area is 116 Å². The summed E-state index contributed by atoms with van der Waals surface area (Å²) in [5.41, 5.74) is 3.15. The normalized spacial score (nSPS) is 14.0. The van der Waals surface area contributed by atoms with Gasteiger partial charge in [-0.25, -0.2) is 4.98 Å². The van der Waals surface area contributed by atoms with Gasteiger partial charge in [0.25, 0.3) is 11.7 Å². The fourth-order valence-electron chi connectivity index (χ4n) is 2.42. The first-order chi connectivity index (χ1) is 9.61. The van der Waals surface area contributed by atoms with Crippen LogP contribution in [0.1, 0.15) is 28.5 Å². The lowest BCUT2D eigenvalue weighted by molar-refractivity contribution is -0.114. The van der Waals surface area contributed by atoms with Crippen LogP contribution in [0.15, 0.2) is 30.7 Å². The maximum atomic E-state index is 12.1. The van der Waals surface area contributed by atoms with Crippen molar-refractivity contribution in [1.29, 1.82) is 0 Å². The van der Waals surface area contributed by atoms with Crippen molar-refractivity contribution in [2.75, 3.05) is 4.90 Å². The van der Waals surface area contributed by atoms with Crippen molar-refractivity contribution in [2.45, 2.75) is 19.9 Å². The van der Waals surface area contributed by atoms with E-state index in [0.29, 0.717) is 17.8 Å². The zero-order valence-corrected chi connectivity index (χ0v) is 11.5. The number of ketones is 1. The summed E-state index contributed by atoms with van der Waals surface area (Å²) >= 11 is 0. The third-order valence-electron chi connectivity index (χ3n) is 3.68. The Hall–Kier alpha value is -2.43. The van der Waals surface area contributed by atoms with Gasteiger partial charge in [0.1, 0.15) is 0 Å². The lowest BCUT2D eigenvalue weighted by Gasteiger charge is -2.16. The van der Waals surface area contributed by atoms with Crippen LogP contribution >= 0.6 is 0 Å². The number of carbonyl (C=O) groups excluding carboxylic acids is 2. The Morgan fingerprint density at radius 3 is 2.70 bits per heavy atom. The predicted molar refractivity (Wildman–Crippen MR) is 74.5 cm³/mol. The molecule has 0 spiro atoms. The summed E-state index contributed by atoms with van der Waals surface area (Å²) in [5.74, 6) is -0.882. The molecule has 3 rings (SSSR count). The van der Waals surface area contributed by atoms with Gasteiger partial charge in [0.15, 0.2) is 0 Å². The number of aromatic nitrogens is 2. The molecule has 5 nitrogen and oxygen atoms in total. The second kappa shape index (κ2) is 4.59. The van der Waals surface area contributed by atoms with E-state index in [9.17, 15) is 9.59 Å². The SMILES string of the molecule is CCc1ccc2c(c1)C(=O)C(=O)N2Cc1cncn1C. The summed E-state index contributed by atoms with van der Waals surface area (Å²) in [6.07, 6.45) is 4.23. The quantitative estimate of drug-likeness (QED) is 0.797. The van der Waals surface area contributed by atoms with E-state index in [1.807, 2.05) is 36.7 Å².